The first kappa shape index (κ1) is 13.6. The van der Waals surface area contributed by atoms with Crippen molar-refractivity contribution < 1.29 is 13.4 Å². The third kappa shape index (κ3) is 4.14. The van der Waals surface area contributed by atoms with Crippen molar-refractivity contribution in [3.8, 4) is 0 Å². The Kier molecular flexibility index (Phi) is 5.09. The lowest BCUT2D eigenvalue weighted by molar-refractivity contribution is -0.118. The molecule has 6 heteroatoms. The normalized spacial score (nSPS) is 12.1. The standard InChI is InChI=1S/C11H15FN2O2S/c1-2-5-14-11(15)7-17(16)10-4-3-8(12)6-9(10)13/h3-4,6H,2,5,7,13H2,1H3,(H,14,15). The summed E-state index contributed by atoms with van der Waals surface area (Å²) in [5.41, 5.74) is 5.64. The van der Waals surface area contributed by atoms with Crippen molar-refractivity contribution in [1.82, 2.24) is 5.32 Å². The van der Waals surface area contributed by atoms with E-state index in [9.17, 15) is 13.4 Å². The molecule has 17 heavy (non-hydrogen) atoms. The van der Waals surface area contributed by atoms with E-state index in [-0.39, 0.29) is 22.2 Å². The van der Waals surface area contributed by atoms with Crippen molar-refractivity contribution in [3.05, 3.63) is 24.0 Å². The predicted molar refractivity (Wildman–Crippen MR) is 65.4 cm³/mol. The van der Waals surface area contributed by atoms with Crippen molar-refractivity contribution in [2.75, 3.05) is 18.0 Å². The van der Waals surface area contributed by atoms with Gasteiger partial charge in [0.1, 0.15) is 11.6 Å². The van der Waals surface area contributed by atoms with Gasteiger partial charge < -0.3 is 11.1 Å². The second kappa shape index (κ2) is 6.34. The van der Waals surface area contributed by atoms with Crippen molar-refractivity contribution in [3.63, 3.8) is 0 Å². The molecule has 94 valence electrons. The van der Waals surface area contributed by atoms with Gasteiger partial charge in [-0.05, 0) is 24.6 Å². The van der Waals surface area contributed by atoms with E-state index in [1.807, 2.05) is 6.92 Å². The Balaban J connectivity index is 2.67. The number of amides is 1. The number of hydrogen-bond donors (Lipinski definition) is 2. The molecular weight excluding hydrogens is 243 g/mol. The van der Waals surface area contributed by atoms with Crippen LogP contribution in [0.25, 0.3) is 0 Å². The van der Waals surface area contributed by atoms with E-state index in [1.54, 1.807) is 0 Å². The first-order valence-electron chi connectivity index (χ1n) is 5.24. The zero-order chi connectivity index (χ0) is 12.8. The zero-order valence-electron chi connectivity index (χ0n) is 9.53. The third-order valence-corrected chi connectivity index (χ3v) is 3.44. The number of carbonyl (C=O) groups excluding carboxylic acids is 1. The van der Waals surface area contributed by atoms with E-state index >= 15 is 0 Å². The molecule has 3 N–H and O–H groups in total. The van der Waals surface area contributed by atoms with Crippen LogP contribution >= 0.6 is 0 Å². The first-order chi connectivity index (χ1) is 8.04. The van der Waals surface area contributed by atoms with Gasteiger partial charge in [0, 0.05) is 6.54 Å². The number of nitrogens with two attached hydrogens (primary N) is 1. The molecule has 0 aromatic heterocycles. The van der Waals surface area contributed by atoms with Crippen molar-refractivity contribution >= 4 is 22.4 Å². The summed E-state index contributed by atoms with van der Waals surface area (Å²) >= 11 is 0. The Morgan fingerprint density at radius 2 is 2.24 bits per heavy atom. The number of halogens is 1. The quantitative estimate of drug-likeness (QED) is 0.775. The van der Waals surface area contributed by atoms with Gasteiger partial charge in [-0.25, -0.2) is 4.39 Å². The van der Waals surface area contributed by atoms with Crippen LogP contribution in [0.15, 0.2) is 23.1 Å². The molecule has 1 rings (SSSR count). The van der Waals surface area contributed by atoms with E-state index in [0.29, 0.717) is 6.54 Å². The molecule has 1 aromatic carbocycles. The zero-order valence-corrected chi connectivity index (χ0v) is 10.3. The van der Waals surface area contributed by atoms with Crippen LogP contribution in [-0.4, -0.2) is 22.4 Å². The molecule has 0 heterocycles. The second-order valence-electron chi connectivity index (χ2n) is 3.52. The maximum Gasteiger partial charge on any atom is 0.233 e. The molecule has 0 spiro atoms. The van der Waals surface area contributed by atoms with Gasteiger partial charge in [-0.1, -0.05) is 6.92 Å². The van der Waals surface area contributed by atoms with E-state index in [1.165, 1.54) is 12.1 Å². The van der Waals surface area contributed by atoms with Gasteiger partial charge in [0.15, 0.2) is 0 Å². The molecule has 0 fully saturated rings. The molecule has 1 aromatic rings. The molecule has 1 amide bonds. The number of nitrogens with one attached hydrogen (secondary N) is 1. The van der Waals surface area contributed by atoms with Gasteiger partial charge in [0.2, 0.25) is 5.91 Å². The van der Waals surface area contributed by atoms with Crippen LogP contribution in [0.2, 0.25) is 0 Å². The van der Waals surface area contributed by atoms with Crippen LogP contribution < -0.4 is 11.1 Å². The number of anilines is 1. The minimum absolute atomic E-state index is 0.103. The Labute approximate surface area is 102 Å². The number of benzene rings is 1. The Morgan fingerprint density at radius 3 is 2.82 bits per heavy atom. The van der Waals surface area contributed by atoms with Crippen LogP contribution in [0.4, 0.5) is 10.1 Å². The lowest BCUT2D eigenvalue weighted by atomic mass is 10.3. The predicted octanol–water partition coefficient (Wildman–Crippen LogP) is 1.04. The Bertz CT molecular complexity index is 437. The summed E-state index contributed by atoms with van der Waals surface area (Å²) in [5, 5.41) is 2.62. The van der Waals surface area contributed by atoms with Crippen LogP contribution in [0, 0.1) is 5.82 Å². The Morgan fingerprint density at radius 1 is 1.53 bits per heavy atom. The van der Waals surface area contributed by atoms with Gasteiger partial charge in [0.05, 0.1) is 21.4 Å². The summed E-state index contributed by atoms with van der Waals surface area (Å²) in [6, 6.07) is 3.61. The van der Waals surface area contributed by atoms with E-state index in [4.69, 9.17) is 5.73 Å². The largest absolute Gasteiger partial charge is 0.398 e. The number of carbonyl (C=O) groups is 1. The molecule has 0 saturated carbocycles. The second-order valence-corrected chi connectivity index (χ2v) is 4.94. The summed E-state index contributed by atoms with van der Waals surface area (Å²) in [5.74, 6) is -0.942. The van der Waals surface area contributed by atoms with Crippen LogP contribution in [0.3, 0.4) is 0 Å². The lowest BCUT2D eigenvalue weighted by Crippen LogP contribution is -2.29. The lowest BCUT2D eigenvalue weighted by Gasteiger charge is -2.06. The highest BCUT2D eigenvalue weighted by Crippen LogP contribution is 2.17. The van der Waals surface area contributed by atoms with Crippen LogP contribution in [-0.2, 0) is 15.6 Å². The van der Waals surface area contributed by atoms with Gasteiger partial charge in [-0.2, -0.15) is 0 Å². The average molecular weight is 258 g/mol. The van der Waals surface area contributed by atoms with Crippen molar-refractivity contribution in [1.29, 1.82) is 0 Å². The minimum Gasteiger partial charge on any atom is -0.398 e. The number of rotatable bonds is 5. The molecule has 1 atom stereocenters. The van der Waals surface area contributed by atoms with Crippen LogP contribution in [0.5, 0.6) is 0 Å². The van der Waals surface area contributed by atoms with Gasteiger partial charge >= 0.3 is 0 Å². The van der Waals surface area contributed by atoms with E-state index in [0.717, 1.165) is 12.5 Å². The summed E-state index contributed by atoms with van der Waals surface area (Å²) in [7, 11) is -1.54. The molecule has 0 aliphatic rings. The Hall–Kier alpha value is -1.43. The number of hydrogen-bond acceptors (Lipinski definition) is 3. The molecule has 0 aliphatic carbocycles. The monoisotopic (exact) mass is 258 g/mol. The molecule has 0 bridgehead atoms. The highest BCUT2D eigenvalue weighted by atomic mass is 32.2. The minimum atomic E-state index is -1.54. The molecule has 0 radical (unpaired) electrons. The summed E-state index contributed by atoms with van der Waals surface area (Å²) in [6.07, 6.45) is 0.817. The fourth-order valence-electron chi connectivity index (χ4n) is 1.24. The topological polar surface area (TPSA) is 72.2 Å². The van der Waals surface area contributed by atoms with Crippen LogP contribution in [0.1, 0.15) is 13.3 Å². The van der Waals surface area contributed by atoms with Gasteiger partial charge in [-0.15, -0.1) is 0 Å². The molecule has 0 saturated heterocycles. The van der Waals surface area contributed by atoms with E-state index in [2.05, 4.69) is 5.32 Å². The summed E-state index contributed by atoms with van der Waals surface area (Å²) in [4.78, 5) is 11.6. The first-order valence-corrected chi connectivity index (χ1v) is 6.56. The van der Waals surface area contributed by atoms with Crippen molar-refractivity contribution in [2.24, 2.45) is 0 Å². The van der Waals surface area contributed by atoms with E-state index < -0.39 is 16.6 Å². The van der Waals surface area contributed by atoms with Crippen molar-refractivity contribution in [2.45, 2.75) is 18.2 Å². The SMILES string of the molecule is CCCNC(=O)CS(=O)c1ccc(F)cc1N. The molecule has 1 unspecified atom stereocenters. The maximum absolute atomic E-state index is 12.8. The highest BCUT2D eigenvalue weighted by Gasteiger charge is 2.12. The van der Waals surface area contributed by atoms with Gasteiger partial charge in [-0.3, -0.25) is 9.00 Å². The average Bonchev–Trinajstić information content (AvgIpc) is 2.26. The third-order valence-electron chi connectivity index (χ3n) is 2.05. The highest BCUT2D eigenvalue weighted by molar-refractivity contribution is 7.86. The molecule has 4 nitrogen and oxygen atoms in total. The smallest absolute Gasteiger partial charge is 0.233 e. The summed E-state index contributed by atoms with van der Waals surface area (Å²) < 4.78 is 24.6. The summed E-state index contributed by atoms with van der Waals surface area (Å²) in [6.45, 7) is 2.48. The fraction of sp³-hybridized carbons (Fsp3) is 0.364. The maximum atomic E-state index is 12.8. The number of nitrogen functional groups attached to an aromatic ring is 1. The molecular formula is C11H15FN2O2S. The van der Waals surface area contributed by atoms with Gasteiger partial charge in [0.25, 0.3) is 0 Å². The fourth-order valence-corrected chi connectivity index (χ4v) is 2.28. The molecule has 0 aliphatic heterocycles.